The van der Waals surface area contributed by atoms with Gasteiger partial charge < -0.3 is 10.2 Å². The zero-order valence-corrected chi connectivity index (χ0v) is 20.0. The van der Waals surface area contributed by atoms with E-state index in [0.29, 0.717) is 27.4 Å². The Hall–Kier alpha value is -1.83. The number of aromatic nitrogens is 1. The molecule has 1 fully saturated rings. The Kier molecular flexibility index (Phi) is 7.04. The van der Waals surface area contributed by atoms with Crippen molar-refractivity contribution in [3.63, 3.8) is 0 Å². The van der Waals surface area contributed by atoms with Crippen LogP contribution in [0.1, 0.15) is 5.56 Å². The fourth-order valence-corrected chi connectivity index (χ4v) is 4.98. The van der Waals surface area contributed by atoms with Crippen molar-refractivity contribution in [1.29, 1.82) is 0 Å². The van der Waals surface area contributed by atoms with Crippen LogP contribution >= 0.6 is 46.1 Å². The zero-order chi connectivity index (χ0) is 22.0. The largest absolute Gasteiger partial charge is 0.369 e. The number of piperazine rings is 1. The van der Waals surface area contributed by atoms with Gasteiger partial charge in [-0.25, -0.2) is 4.98 Å². The second-order valence-corrected chi connectivity index (χ2v) is 9.54. The fourth-order valence-electron chi connectivity index (χ4n) is 3.58. The van der Waals surface area contributed by atoms with E-state index in [2.05, 4.69) is 27.0 Å². The van der Waals surface area contributed by atoms with E-state index < -0.39 is 0 Å². The molecule has 2 heterocycles. The number of anilines is 2. The Labute approximate surface area is 200 Å². The van der Waals surface area contributed by atoms with Gasteiger partial charge in [0.2, 0.25) is 5.91 Å². The molecule has 1 aliphatic heterocycles. The first-order chi connectivity index (χ1) is 14.9. The summed E-state index contributed by atoms with van der Waals surface area (Å²) in [6.07, 6.45) is 0. The number of amides is 1. The van der Waals surface area contributed by atoms with Crippen molar-refractivity contribution >= 4 is 62.9 Å². The van der Waals surface area contributed by atoms with Gasteiger partial charge in [0.1, 0.15) is 0 Å². The minimum Gasteiger partial charge on any atom is -0.369 e. The molecule has 1 amide bonds. The number of thiazole rings is 1. The molecule has 2 aromatic carbocycles. The Bertz CT molecular complexity index is 1100. The lowest BCUT2D eigenvalue weighted by molar-refractivity contribution is -0.117. The monoisotopic (exact) mass is 494 g/mol. The highest BCUT2D eigenvalue weighted by molar-refractivity contribution is 7.14. The van der Waals surface area contributed by atoms with Gasteiger partial charge in [0.25, 0.3) is 0 Å². The van der Waals surface area contributed by atoms with E-state index in [9.17, 15) is 4.79 Å². The molecular weight excluding hydrogens is 475 g/mol. The summed E-state index contributed by atoms with van der Waals surface area (Å²) < 4.78 is 0. The second-order valence-electron chi connectivity index (χ2n) is 7.40. The molecule has 0 atom stereocenters. The molecule has 1 N–H and O–H groups in total. The number of aryl methyl sites for hydroxylation is 1. The van der Waals surface area contributed by atoms with Crippen molar-refractivity contribution in [3.05, 3.63) is 62.4 Å². The second kappa shape index (κ2) is 9.76. The smallest absolute Gasteiger partial charge is 0.240 e. The lowest BCUT2D eigenvalue weighted by Crippen LogP contribution is -2.48. The van der Waals surface area contributed by atoms with E-state index in [-0.39, 0.29) is 5.91 Å². The maximum absolute atomic E-state index is 12.5. The molecule has 3 aromatic rings. The highest BCUT2D eigenvalue weighted by atomic mass is 35.5. The molecule has 0 radical (unpaired) electrons. The number of hydrogen-bond donors (Lipinski definition) is 1. The Balaban J connectivity index is 1.31. The SMILES string of the molecule is Cc1ccc(Cl)cc1N1CCN(CC(=O)Nc2nc(-c3ccc(Cl)cc3Cl)cs2)CC1. The van der Waals surface area contributed by atoms with Gasteiger partial charge in [-0.05, 0) is 42.8 Å². The van der Waals surface area contributed by atoms with Crippen LogP contribution in [-0.2, 0) is 4.79 Å². The third-order valence-electron chi connectivity index (χ3n) is 5.21. The van der Waals surface area contributed by atoms with Crippen molar-refractivity contribution < 1.29 is 4.79 Å². The standard InChI is InChI=1S/C22H21Cl3N4OS/c1-14-2-3-16(24)11-20(14)29-8-6-28(7-9-29)12-21(30)27-22-26-19(13-31-22)17-5-4-15(23)10-18(17)25/h2-5,10-11,13H,6-9,12H2,1H3,(H,26,27,30). The average Bonchev–Trinajstić information content (AvgIpc) is 3.18. The summed E-state index contributed by atoms with van der Waals surface area (Å²) in [7, 11) is 0. The van der Waals surface area contributed by atoms with Crippen molar-refractivity contribution in [2.75, 3.05) is 42.9 Å². The zero-order valence-electron chi connectivity index (χ0n) is 16.9. The number of benzene rings is 2. The van der Waals surface area contributed by atoms with Crippen LogP contribution in [0.3, 0.4) is 0 Å². The summed E-state index contributed by atoms with van der Waals surface area (Å²) in [6, 6.07) is 11.2. The van der Waals surface area contributed by atoms with Gasteiger partial charge in [-0.15, -0.1) is 11.3 Å². The third kappa shape index (κ3) is 5.51. The van der Waals surface area contributed by atoms with Crippen LogP contribution in [0.25, 0.3) is 11.3 Å². The van der Waals surface area contributed by atoms with Crippen molar-refractivity contribution in [1.82, 2.24) is 9.88 Å². The Morgan fingerprint density at radius 1 is 1.06 bits per heavy atom. The number of nitrogens with one attached hydrogen (secondary N) is 1. The molecule has 1 aliphatic rings. The normalized spacial score (nSPS) is 14.6. The predicted octanol–water partition coefficient (Wildman–Crippen LogP) is 5.84. The summed E-state index contributed by atoms with van der Waals surface area (Å²) in [4.78, 5) is 21.5. The summed E-state index contributed by atoms with van der Waals surface area (Å²) in [5.74, 6) is -0.0736. The van der Waals surface area contributed by atoms with Gasteiger partial charge in [-0.1, -0.05) is 40.9 Å². The minimum atomic E-state index is -0.0736. The Morgan fingerprint density at radius 3 is 2.52 bits per heavy atom. The third-order valence-corrected chi connectivity index (χ3v) is 6.75. The van der Waals surface area contributed by atoms with Gasteiger partial charge in [0.15, 0.2) is 5.13 Å². The first-order valence-electron chi connectivity index (χ1n) is 9.83. The van der Waals surface area contributed by atoms with Crippen molar-refractivity contribution in [3.8, 4) is 11.3 Å². The maximum Gasteiger partial charge on any atom is 0.240 e. The highest BCUT2D eigenvalue weighted by Crippen LogP contribution is 2.32. The number of nitrogens with zero attached hydrogens (tertiary/aromatic N) is 3. The maximum atomic E-state index is 12.5. The topological polar surface area (TPSA) is 48.5 Å². The minimum absolute atomic E-state index is 0.0736. The summed E-state index contributed by atoms with van der Waals surface area (Å²) in [5, 5.41) is 7.17. The molecule has 0 unspecified atom stereocenters. The van der Waals surface area contributed by atoms with Crippen LogP contribution in [0, 0.1) is 6.92 Å². The van der Waals surface area contributed by atoms with Gasteiger partial charge in [0, 0.05) is 52.9 Å². The van der Waals surface area contributed by atoms with E-state index in [1.165, 1.54) is 16.9 Å². The van der Waals surface area contributed by atoms with E-state index >= 15 is 0 Å². The molecule has 0 bridgehead atoms. The van der Waals surface area contributed by atoms with Crippen LogP contribution in [0.4, 0.5) is 10.8 Å². The number of halogens is 3. The molecule has 4 rings (SSSR count). The fraction of sp³-hybridized carbons (Fsp3) is 0.273. The summed E-state index contributed by atoms with van der Waals surface area (Å²) in [5.41, 5.74) is 3.87. The molecule has 5 nitrogen and oxygen atoms in total. The molecule has 9 heteroatoms. The van der Waals surface area contributed by atoms with Crippen molar-refractivity contribution in [2.45, 2.75) is 6.92 Å². The number of rotatable bonds is 5. The molecule has 0 spiro atoms. The molecule has 0 aliphatic carbocycles. The van der Waals surface area contributed by atoms with E-state index in [1.807, 2.05) is 29.6 Å². The molecule has 0 saturated carbocycles. The highest BCUT2D eigenvalue weighted by Gasteiger charge is 2.21. The summed E-state index contributed by atoms with van der Waals surface area (Å²) in [6.45, 7) is 5.74. The van der Waals surface area contributed by atoms with Crippen LogP contribution < -0.4 is 10.2 Å². The summed E-state index contributed by atoms with van der Waals surface area (Å²) >= 11 is 19.7. The number of hydrogen-bond acceptors (Lipinski definition) is 5. The van der Waals surface area contributed by atoms with E-state index in [4.69, 9.17) is 34.8 Å². The predicted molar refractivity (Wildman–Crippen MR) is 131 cm³/mol. The lowest BCUT2D eigenvalue weighted by Gasteiger charge is -2.36. The molecule has 1 aromatic heterocycles. The average molecular weight is 496 g/mol. The Morgan fingerprint density at radius 2 is 1.77 bits per heavy atom. The van der Waals surface area contributed by atoms with Crippen LogP contribution in [-0.4, -0.2) is 48.5 Å². The van der Waals surface area contributed by atoms with Crippen molar-refractivity contribution in [2.24, 2.45) is 0 Å². The van der Waals surface area contributed by atoms with E-state index in [1.54, 1.807) is 12.1 Å². The van der Waals surface area contributed by atoms with Crippen LogP contribution in [0.15, 0.2) is 41.8 Å². The van der Waals surface area contributed by atoms with Gasteiger partial charge >= 0.3 is 0 Å². The lowest BCUT2D eigenvalue weighted by atomic mass is 10.1. The quantitative estimate of drug-likeness (QED) is 0.483. The van der Waals surface area contributed by atoms with Crippen LogP contribution in [0.2, 0.25) is 15.1 Å². The first kappa shape index (κ1) is 22.4. The molecule has 1 saturated heterocycles. The molecular formula is C22H21Cl3N4OS. The first-order valence-corrected chi connectivity index (χ1v) is 11.8. The van der Waals surface area contributed by atoms with E-state index in [0.717, 1.165) is 42.5 Å². The van der Waals surface area contributed by atoms with Gasteiger partial charge in [0.05, 0.1) is 17.3 Å². The number of carbonyl (C=O) groups is 1. The molecule has 162 valence electrons. The number of carbonyl (C=O) groups excluding carboxylic acids is 1. The molecule has 31 heavy (non-hydrogen) atoms. The van der Waals surface area contributed by atoms with Crippen LogP contribution in [0.5, 0.6) is 0 Å². The van der Waals surface area contributed by atoms with Gasteiger partial charge in [-0.2, -0.15) is 0 Å². The van der Waals surface area contributed by atoms with Gasteiger partial charge in [-0.3, -0.25) is 9.69 Å².